The molecule has 7 nitrogen and oxygen atoms in total. The van der Waals surface area contributed by atoms with Gasteiger partial charge in [-0.3, -0.25) is 9.48 Å². The number of phenolic OH excluding ortho intramolecular Hbond substituents is 1. The molecule has 23 heavy (non-hydrogen) atoms. The number of aryl methyl sites for hydroxylation is 1. The minimum atomic E-state index is -3.41. The molecule has 0 atom stereocenters. The zero-order chi connectivity index (χ0) is 17.0. The van der Waals surface area contributed by atoms with Crippen molar-refractivity contribution in [2.45, 2.75) is 24.8 Å². The van der Waals surface area contributed by atoms with E-state index < -0.39 is 9.84 Å². The summed E-state index contributed by atoms with van der Waals surface area (Å²) in [5.74, 6) is -0.590. The number of carbonyl (C=O) groups is 1. The number of nitrogens with zero attached hydrogens (tertiary/aromatic N) is 2. The lowest BCUT2D eigenvalue weighted by Crippen LogP contribution is -2.15. The highest BCUT2D eigenvalue weighted by atomic mass is 79.9. The number of nitrogens with one attached hydrogen (secondary N) is 1. The van der Waals surface area contributed by atoms with Crippen LogP contribution in [-0.4, -0.2) is 35.0 Å². The monoisotopic (exact) mass is 401 g/mol. The van der Waals surface area contributed by atoms with E-state index in [2.05, 4.69) is 26.3 Å². The highest BCUT2D eigenvalue weighted by Crippen LogP contribution is 2.27. The second-order valence-electron chi connectivity index (χ2n) is 4.80. The van der Waals surface area contributed by atoms with Gasteiger partial charge >= 0.3 is 0 Å². The highest BCUT2D eigenvalue weighted by molar-refractivity contribution is 9.10. The average molecular weight is 402 g/mol. The Hall–Kier alpha value is -1.87. The first-order chi connectivity index (χ1) is 10.8. The number of benzene rings is 1. The Balaban J connectivity index is 2.06. The van der Waals surface area contributed by atoms with Crippen molar-refractivity contribution in [1.82, 2.24) is 9.78 Å². The van der Waals surface area contributed by atoms with Gasteiger partial charge in [-0.2, -0.15) is 5.10 Å². The summed E-state index contributed by atoms with van der Waals surface area (Å²) in [6, 6.07) is 3.82. The summed E-state index contributed by atoms with van der Waals surface area (Å²) in [7, 11) is -3.41. The quantitative estimate of drug-likeness (QED) is 0.722. The molecule has 1 aromatic heterocycles. The summed E-state index contributed by atoms with van der Waals surface area (Å²) in [5.41, 5.74) is 0.0752. The molecule has 0 saturated heterocycles. The summed E-state index contributed by atoms with van der Waals surface area (Å²) < 4.78 is 26.1. The van der Waals surface area contributed by atoms with Crippen LogP contribution in [0.4, 0.5) is 5.69 Å². The summed E-state index contributed by atoms with van der Waals surface area (Å²) in [6.07, 6.45) is 3.49. The topological polar surface area (TPSA) is 101 Å². The van der Waals surface area contributed by atoms with Gasteiger partial charge in [0.2, 0.25) is 5.91 Å². The van der Waals surface area contributed by atoms with Crippen LogP contribution < -0.4 is 5.32 Å². The van der Waals surface area contributed by atoms with Gasteiger partial charge in [0, 0.05) is 19.2 Å². The fourth-order valence-corrected chi connectivity index (χ4v) is 3.10. The Morgan fingerprint density at radius 3 is 2.78 bits per heavy atom. The molecule has 0 radical (unpaired) electrons. The molecule has 2 aromatic rings. The van der Waals surface area contributed by atoms with E-state index in [1.54, 1.807) is 17.1 Å². The van der Waals surface area contributed by atoms with Gasteiger partial charge in [0.05, 0.1) is 27.0 Å². The first kappa shape index (κ1) is 17.5. The van der Waals surface area contributed by atoms with Crippen LogP contribution in [0.3, 0.4) is 0 Å². The molecule has 0 fully saturated rings. The lowest BCUT2D eigenvalue weighted by atomic mass is 10.3. The Bertz CT molecular complexity index is 817. The van der Waals surface area contributed by atoms with Crippen LogP contribution in [0.15, 0.2) is 40.0 Å². The van der Waals surface area contributed by atoms with Crippen molar-refractivity contribution in [2.75, 3.05) is 11.1 Å². The van der Waals surface area contributed by atoms with E-state index in [-0.39, 0.29) is 34.4 Å². The van der Waals surface area contributed by atoms with Crippen molar-refractivity contribution in [1.29, 1.82) is 0 Å². The fraction of sp³-hybridized carbons (Fsp3) is 0.286. The Kier molecular flexibility index (Phi) is 5.42. The molecule has 0 spiro atoms. The minimum Gasteiger partial charge on any atom is -0.506 e. The second kappa shape index (κ2) is 7.14. The molecule has 124 valence electrons. The number of aromatic nitrogens is 2. The molecular weight excluding hydrogens is 386 g/mol. The molecule has 9 heteroatoms. The van der Waals surface area contributed by atoms with Crippen molar-refractivity contribution in [2.24, 2.45) is 0 Å². The summed E-state index contributed by atoms with van der Waals surface area (Å²) in [4.78, 5) is 12.0. The minimum absolute atomic E-state index is 0.0562. The van der Waals surface area contributed by atoms with Gasteiger partial charge in [-0.15, -0.1) is 0 Å². The smallest absolute Gasteiger partial charge is 0.226 e. The second-order valence-corrected chi connectivity index (χ2v) is 8.00. The number of rotatable bonds is 6. The standard InChI is InChI=1S/C14H16BrN3O4S/c1-2-23(21,22)11-3-4-13(19)12(7-11)17-14(20)5-6-18-9-10(15)8-16-18/h3-4,7-9,19H,2,5-6H2,1H3,(H,17,20). The number of carbonyl (C=O) groups excluding carboxylic acids is 1. The molecule has 1 heterocycles. The average Bonchev–Trinajstić information content (AvgIpc) is 2.93. The molecule has 0 bridgehead atoms. The SMILES string of the molecule is CCS(=O)(=O)c1ccc(O)c(NC(=O)CCn2cc(Br)cn2)c1. The number of phenols is 1. The molecular formula is C14H16BrN3O4S. The third kappa shape index (κ3) is 4.55. The van der Waals surface area contributed by atoms with Gasteiger partial charge in [0.15, 0.2) is 9.84 Å². The number of aromatic hydroxyl groups is 1. The van der Waals surface area contributed by atoms with Crippen molar-refractivity contribution in [3.63, 3.8) is 0 Å². The number of sulfone groups is 1. The summed E-state index contributed by atoms with van der Waals surface area (Å²) in [6.45, 7) is 1.90. The molecule has 0 aliphatic carbocycles. The van der Waals surface area contributed by atoms with E-state index in [0.717, 1.165) is 4.47 Å². The predicted octanol–water partition coefficient (Wildman–Crippen LogP) is 2.17. The Morgan fingerprint density at radius 2 is 2.17 bits per heavy atom. The number of anilines is 1. The summed E-state index contributed by atoms with van der Waals surface area (Å²) >= 11 is 3.26. The lowest BCUT2D eigenvalue weighted by molar-refractivity contribution is -0.116. The van der Waals surface area contributed by atoms with Gasteiger partial charge in [-0.05, 0) is 34.1 Å². The normalized spacial score (nSPS) is 11.4. The maximum Gasteiger partial charge on any atom is 0.226 e. The van der Waals surface area contributed by atoms with Crippen molar-refractivity contribution < 1.29 is 18.3 Å². The molecule has 0 unspecified atom stereocenters. The van der Waals surface area contributed by atoms with E-state index in [9.17, 15) is 18.3 Å². The van der Waals surface area contributed by atoms with Crippen LogP contribution in [0.2, 0.25) is 0 Å². The first-order valence-corrected chi connectivity index (χ1v) is 9.30. The Morgan fingerprint density at radius 1 is 1.43 bits per heavy atom. The lowest BCUT2D eigenvalue weighted by Gasteiger charge is -2.09. The van der Waals surface area contributed by atoms with Crippen LogP contribution in [0.5, 0.6) is 5.75 Å². The summed E-state index contributed by atoms with van der Waals surface area (Å²) in [5, 5.41) is 16.3. The van der Waals surface area contributed by atoms with Gasteiger partial charge in [0.25, 0.3) is 0 Å². The van der Waals surface area contributed by atoms with Crippen LogP contribution in [-0.2, 0) is 21.2 Å². The largest absolute Gasteiger partial charge is 0.506 e. The van der Waals surface area contributed by atoms with Gasteiger partial charge in [-0.1, -0.05) is 6.92 Å². The molecule has 0 aliphatic heterocycles. The predicted molar refractivity (Wildman–Crippen MR) is 89.0 cm³/mol. The van der Waals surface area contributed by atoms with Gasteiger partial charge in [0.1, 0.15) is 5.75 Å². The molecule has 0 saturated carbocycles. The number of hydrogen-bond donors (Lipinski definition) is 2. The van der Waals surface area contributed by atoms with Crippen LogP contribution in [0.1, 0.15) is 13.3 Å². The third-order valence-electron chi connectivity index (χ3n) is 3.15. The zero-order valence-electron chi connectivity index (χ0n) is 12.4. The van der Waals surface area contributed by atoms with E-state index in [1.165, 1.54) is 25.1 Å². The molecule has 2 N–H and O–H groups in total. The maximum atomic E-state index is 12.0. The zero-order valence-corrected chi connectivity index (χ0v) is 14.8. The number of halogens is 1. The van der Waals surface area contributed by atoms with Gasteiger partial charge in [-0.25, -0.2) is 8.42 Å². The van der Waals surface area contributed by atoms with Crippen molar-refractivity contribution >= 4 is 37.4 Å². The van der Waals surface area contributed by atoms with Crippen LogP contribution in [0.25, 0.3) is 0 Å². The molecule has 0 aliphatic rings. The highest BCUT2D eigenvalue weighted by Gasteiger charge is 2.15. The van der Waals surface area contributed by atoms with Crippen molar-refractivity contribution in [3.8, 4) is 5.75 Å². The fourth-order valence-electron chi connectivity index (χ4n) is 1.86. The first-order valence-electron chi connectivity index (χ1n) is 6.85. The third-order valence-corrected chi connectivity index (χ3v) is 5.29. The van der Waals surface area contributed by atoms with Crippen molar-refractivity contribution in [3.05, 3.63) is 35.1 Å². The van der Waals surface area contributed by atoms with E-state index in [1.807, 2.05) is 0 Å². The molecule has 2 rings (SSSR count). The van der Waals surface area contributed by atoms with E-state index >= 15 is 0 Å². The van der Waals surface area contributed by atoms with E-state index in [4.69, 9.17) is 0 Å². The molecule has 1 aromatic carbocycles. The van der Waals surface area contributed by atoms with E-state index in [0.29, 0.717) is 6.54 Å². The number of amides is 1. The maximum absolute atomic E-state index is 12.0. The van der Waals surface area contributed by atoms with Crippen LogP contribution >= 0.6 is 15.9 Å². The van der Waals surface area contributed by atoms with Gasteiger partial charge < -0.3 is 10.4 Å². The Labute approximate surface area is 142 Å². The molecule has 1 amide bonds. The van der Waals surface area contributed by atoms with Crippen LogP contribution in [0, 0.1) is 0 Å². The number of hydrogen-bond acceptors (Lipinski definition) is 5.